The minimum atomic E-state index is -0.804. The summed E-state index contributed by atoms with van der Waals surface area (Å²) in [6.07, 6.45) is 0. The summed E-state index contributed by atoms with van der Waals surface area (Å²) in [7, 11) is 1.38. The second-order valence-corrected chi connectivity index (χ2v) is 4.23. The highest BCUT2D eigenvalue weighted by atomic mass is 19.1. The molecule has 0 bridgehead atoms. The van der Waals surface area contributed by atoms with Gasteiger partial charge in [-0.15, -0.1) is 0 Å². The first-order chi connectivity index (χ1) is 9.61. The molecule has 0 spiro atoms. The molecule has 0 unspecified atom stereocenters. The third kappa shape index (κ3) is 3.13. The molecule has 0 heterocycles. The van der Waals surface area contributed by atoms with E-state index in [9.17, 15) is 9.18 Å². The normalized spacial score (nSPS) is 11.8. The summed E-state index contributed by atoms with van der Waals surface area (Å²) in [5.41, 5.74) is 6.88. The highest BCUT2D eigenvalue weighted by Crippen LogP contribution is 2.21. The van der Waals surface area contributed by atoms with E-state index in [0.717, 1.165) is 0 Å². The Labute approximate surface area is 116 Å². The predicted octanol–water partition coefficient (Wildman–Crippen LogP) is 2.47. The van der Waals surface area contributed by atoms with Gasteiger partial charge in [-0.1, -0.05) is 30.3 Å². The number of nitrogens with one attached hydrogen (secondary N) is 1. The lowest BCUT2D eigenvalue weighted by Crippen LogP contribution is -2.27. The molecule has 1 amide bonds. The van der Waals surface area contributed by atoms with E-state index in [-0.39, 0.29) is 5.75 Å². The molecule has 1 atom stereocenters. The van der Waals surface area contributed by atoms with Crippen molar-refractivity contribution in [2.24, 2.45) is 5.73 Å². The van der Waals surface area contributed by atoms with E-state index in [1.807, 2.05) is 6.07 Å². The molecule has 0 saturated heterocycles. The lowest BCUT2D eigenvalue weighted by molar-refractivity contribution is -0.117. The minimum Gasteiger partial charge on any atom is -0.494 e. The Morgan fingerprint density at radius 2 is 1.95 bits per heavy atom. The minimum absolute atomic E-state index is 0.121. The van der Waals surface area contributed by atoms with Crippen LogP contribution in [0.4, 0.5) is 10.1 Å². The zero-order valence-corrected chi connectivity index (χ0v) is 11.0. The third-order valence-electron chi connectivity index (χ3n) is 2.86. The van der Waals surface area contributed by atoms with Crippen LogP contribution in [-0.4, -0.2) is 13.0 Å². The van der Waals surface area contributed by atoms with Crippen LogP contribution in [-0.2, 0) is 4.79 Å². The van der Waals surface area contributed by atoms with Crippen LogP contribution in [0.2, 0.25) is 0 Å². The van der Waals surface area contributed by atoms with Gasteiger partial charge in [-0.2, -0.15) is 0 Å². The number of carbonyl (C=O) groups excluding carboxylic acids is 1. The Balaban J connectivity index is 2.10. The Kier molecular flexibility index (Phi) is 4.32. The number of anilines is 1. The maximum absolute atomic E-state index is 13.5. The van der Waals surface area contributed by atoms with Gasteiger partial charge in [0.2, 0.25) is 5.91 Å². The zero-order valence-electron chi connectivity index (χ0n) is 11.0. The second kappa shape index (κ2) is 6.16. The summed E-state index contributed by atoms with van der Waals surface area (Å²) in [6, 6.07) is 12.3. The maximum Gasteiger partial charge on any atom is 0.245 e. The molecule has 0 fully saturated rings. The molecule has 0 aliphatic rings. The van der Waals surface area contributed by atoms with Gasteiger partial charge < -0.3 is 15.8 Å². The summed E-state index contributed by atoms with van der Waals surface area (Å²) in [4.78, 5) is 12.0. The van der Waals surface area contributed by atoms with Gasteiger partial charge in [0.15, 0.2) is 11.6 Å². The second-order valence-electron chi connectivity index (χ2n) is 4.23. The first-order valence-electron chi connectivity index (χ1n) is 6.06. The number of rotatable bonds is 4. The fraction of sp³-hybridized carbons (Fsp3) is 0.133. The van der Waals surface area contributed by atoms with Gasteiger partial charge in [0.05, 0.1) is 7.11 Å². The quantitative estimate of drug-likeness (QED) is 0.900. The lowest BCUT2D eigenvalue weighted by Gasteiger charge is -2.13. The SMILES string of the molecule is COc1ccc(NC(=O)[C@H](N)c2ccccc2)cc1F. The van der Waals surface area contributed by atoms with Crippen molar-refractivity contribution in [2.45, 2.75) is 6.04 Å². The van der Waals surface area contributed by atoms with Crippen molar-refractivity contribution in [3.8, 4) is 5.75 Å². The highest BCUT2D eigenvalue weighted by Gasteiger charge is 2.16. The molecule has 4 nitrogen and oxygen atoms in total. The Hall–Kier alpha value is -2.40. The third-order valence-corrected chi connectivity index (χ3v) is 2.86. The molecular formula is C15H15FN2O2. The van der Waals surface area contributed by atoms with E-state index < -0.39 is 17.8 Å². The van der Waals surface area contributed by atoms with Crippen LogP contribution in [0.15, 0.2) is 48.5 Å². The van der Waals surface area contributed by atoms with Gasteiger partial charge in [-0.05, 0) is 17.7 Å². The Morgan fingerprint density at radius 3 is 2.55 bits per heavy atom. The van der Waals surface area contributed by atoms with Gasteiger partial charge in [0.1, 0.15) is 6.04 Å². The van der Waals surface area contributed by atoms with Crippen LogP contribution in [0.5, 0.6) is 5.75 Å². The molecule has 0 radical (unpaired) electrons. The van der Waals surface area contributed by atoms with Crippen molar-refractivity contribution in [2.75, 3.05) is 12.4 Å². The molecule has 104 valence electrons. The molecule has 20 heavy (non-hydrogen) atoms. The van der Waals surface area contributed by atoms with E-state index in [2.05, 4.69) is 5.32 Å². The van der Waals surface area contributed by atoms with Gasteiger partial charge >= 0.3 is 0 Å². The summed E-state index contributed by atoms with van der Waals surface area (Å²) in [6.45, 7) is 0. The summed E-state index contributed by atoms with van der Waals surface area (Å²) < 4.78 is 18.3. The van der Waals surface area contributed by atoms with Crippen LogP contribution in [0, 0.1) is 5.82 Å². The van der Waals surface area contributed by atoms with Crippen LogP contribution in [0.1, 0.15) is 11.6 Å². The van der Waals surface area contributed by atoms with Gasteiger partial charge in [0, 0.05) is 11.8 Å². The molecule has 0 aliphatic carbocycles. The van der Waals surface area contributed by atoms with E-state index in [1.54, 1.807) is 30.3 Å². The highest BCUT2D eigenvalue weighted by molar-refractivity contribution is 5.95. The van der Waals surface area contributed by atoms with Crippen molar-refractivity contribution < 1.29 is 13.9 Å². The number of nitrogens with two attached hydrogens (primary N) is 1. The number of hydrogen-bond donors (Lipinski definition) is 2. The topological polar surface area (TPSA) is 64.3 Å². The van der Waals surface area contributed by atoms with Crippen LogP contribution in [0.3, 0.4) is 0 Å². The number of ether oxygens (including phenoxy) is 1. The molecule has 2 aromatic carbocycles. The molecule has 2 rings (SSSR count). The molecule has 0 aromatic heterocycles. The van der Waals surface area contributed by atoms with Crippen molar-refractivity contribution in [3.05, 3.63) is 59.9 Å². The lowest BCUT2D eigenvalue weighted by atomic mass is 10.1. The number of carbonyl (C=O) groups is 1. The average molecular weight is 274 g/mol. The van der Waals surface area contributed by atoms with E-state index in [4.69, 9.17) is 10.5 Å². The molecular weight excluding hydrogens is 259 g/mol. The van der Waals surface area contributed by atoms with Gasteiger partial charge in [-0.3, -0.25) is 4.79 Å². The Morgan fingerprint density at radius 1 is 1.25 bits per heavy atom. The van der Waals surface area contributed by atoms with E-state index >= 15 is 0 Å². The largest absolute Gasteiger partial charge is 0.494 e. The van der Waals surface area contributed by atoms with Crippen LogP contribution >= 0.6 is 0 Å². The number of halogens is 1. The number of benzene rings is 2. The van der Waals surface area contributed by atoms with Crippen molar-refractivity contribution in [1.82, 2.24) is 0 Å². The zero-order chi connectivity index (χ0) is 14.5. The smallest absolute Gasteiger partial charge is 0.245 e. The molecule has 5 heteroatoms. The summed E-state index contributed by atoms with van der Waals surface area (Å²) in [5.74, 6) is -0.824. The van der Waals surface area contributed by atoms with E-state index in [0.29, 0.717) is 11.3 Å². The van der Waals surface area contributed by atoms with Crippen LogP contribution < -0.4 is 15.8 Å². The van der Waals surface area contributed by atoms with Gasteiger partial charge in [0.25, 0.3) is 0 Å². The molecule has 3 N–H and O–H groups in total. The fourth-order valence-corrected chi connectivity index (χ4v) is 1.78. The standard InChI is InChI=1S/C15H15FN2O2/c1-20-13-8-7-11(9-12(13)16)18-15(19)14(17)10-5-3-2-4-6-10/h2-9,14H,17H2,1H3,(H,18,19)/t14-/m1/s1. The summed E-state index contributed by atoms with van der Waals surface area (Å²) in [5, 5.41) is 2.57. The first-order valence-corrected chi connectivity index (χ1v) is 6.06. The van der Waals surface area contributed by atoms with Crippen molar-refractivity contribution in [3.63, 3.8) is 0 Å². The fourth-order valence-electron chi connectivity index (χ4n) is 1.78. The first kappa shape index (κ1) is 14.0. The Bertz CT molecular complexity index is 602. The average Bonchev–Trinajstić information content (AvgIpc) is 2.47. The van der Waals surface area contributed by atoms with Crippen molar-refractivity contribution in [1.29, 1.82) is 0 Å². The molecule has 2 aromatic rings. The van der Waals surface area contributed by atoms with Crippen LogP contribution in [0.25, 0.3) is 0 Å². The maximum atomic E-state index is 13.5. The number of methoxy groups -OCH3 is 1. The predicted molar refractivity (Wildman–Crippen MR) is 75.0 cm³/mol. The summed E-state index contributed by atoms with van der Waals surface area (Å²) >= 11 is 0. The molecule has 0 aliphatic heterocycles. The number of amides is 1. The van der Waals surface area contributed by atoms with E-state index in [1.165, 1.54) is 19.2 Å². The number of hydrogen-bond acceptors (Lipinski definition) is 3. The monoisotopic (exact) mass is 274 g/mol. The van der Waals surface area contributed by atoms with Crippen molar-refractivity contribution >= 4 is 11.6 Å². The molecule has 0 saturated carbocycles. The van der Waals surface area contributed by atoms with Gasteiger partial charge in [-0.25, -0.2) is 4.39 Å².